The topological polar surface area (TPSA) is 72.9 Å². The van der Waals surface area contributed by atoms with Crippen molar-refractivity contribution in [1.29, 1.82) is 0 Å². The van der Waals surface area contributed by atoms with Crippen LogP contribution in [-0.2, 0) is 15.8 Å². The Hall–Kier alpha value is -3.49. The van der Waals surface area contributed by atoms with Crippen LogP contribution in [0.1, 0.15) is 12.0 Å². The second-order valence-electron chi connectivity index (χ2n) is 7.08. The van der Waals surface area contributed by atoms with Gasteiger partial charge in [0.25, 0.3) is 0 Å². The Bertz CT molecular complexity index is 960. The number of hydrogen-bond donors (Lipinski definition) is 2. The van der Waals surface area contributed by atoms with E-state index in [0.717, 1.165) is 29.6 Å². The van der Waals surface area contributed by atoms with Gasteiger partial charge < -0.3 is 20.2 Å². The van der Waals surface area contributed by atoms with E-state index in [4.69, 9.17) is 5.11 Å². The summed E-state index contributed by atoms with van der Waals surface area (Å²) in [7, 11) is 0. The number of alkyl halides is 3. The van der Waals surface area contributed by atoms with E-state index >= 15 is 0 Å². The largest absolute Gasteiger partial charge is 0.481 e. The Kier molecular flexibility index (Phi) is 6.53. The van der Waals surface area contributed by atoms with E-state index < -0.39 is 17.7 Å². The molecule has 1 aliphatic rings. The Morgan fingerprint density at radius 2 is 1.77 bits per heavy atom. The highest BCUT2D eigenvalue weighted by Gasteiger charge is 2.33. The van der Waals surface area contributed by atoms with Crippen molar-refractivity contribution in [3.8, 4) is 0 Å². The summed E-state index contributed by atoms with van der Waals surface area (Å²) in [5.41, 5.74) is 1.32. The molecule has 6 nitrogen and oxygen atoms in total. The second kappa shape index (κ2) is 9.11. The molecule has 1 atom stereocenters. The van der Waals surface area contributed by atoms with Crippen molar-refractivity contribution >= 4 is 28.9 Å². The summed E-state index contributed by atoms with van der Waals surface area (Å²) in [6, 6.07) is 11.9. The minimum absolute atomic E-state index is 0.0967. The molecule has 1 heterocycles. The summed E-state index contributed by atoms with van der Waals surface area (Å²) in [5, 5.41) is 11.9. The van der Waals surface area contributed by atoms with Gasteiger partial charge in [-0.1, -0.05) is 18.7 Å². The lowest BCUT2D eigenvalue weighted by molar-refractivity contribution is -0.138. The number of carboxylic acid groups (broad SMARTS) is 1. The molecule has 2 aromatic rings. The summed E-state index contributed by atoms with van der Waals surface area (Å²) in [4.78, 5) is 26.6. The second-order valence-corrected chi connectivity index (χ2v) is 7.08. The molecule has 164 valence electrons. The smallest absolute Gasteiger partial charge is 0.416 e. The zero-order valence-corrected chi connectivity index (χ0v) is 16.6. The van der Waals surface area contributed by atoms with Crippen molar-refractivity contribution in [3.63, 3.8) is 0 Å². The SMILES string of the molecule is C=CC(=O)NCC1CN(c2ccc(C(F)(F)F)cc2)c2ccccc2N1CCC(=O)O. The van der Waals surface area contributed by atoms with Gasteiger partial charge in [0.1, 0.15) is 0 Å². The van der Waals surface area contributed by atoms with Gasteiger partial charge in [-0.3, -0.25) is 9.59 Å². The number of para-hydroxylation sites is 2. The van der Waals surface area contributed by atoms with E-state index in [1.807, 2.05) is 34.1 Å². The third kappa shape index (κ3) is 5.17. The quantitative estimate of drug-likeness (QED) is 0.650. The van der Waals surface area contributed by atoms with Crippen LogP contribution in [0.5, 0.6) is 0 Å². The first-order valence-electron chi connectivity index (χ1n) is 9.63. The van der Waals surface area contributed by atoms with Crippen LogP contribution in [0.15, 0.2) is 61.2 Å². The number of aliphatic carboxylic acids is 1. The first kappa shape index (κ1) is 22.2. The van der Waals surface area contributed by atoms with Crippen molar-refractivity contribution in [2.75, 3.05) is 29.4 Å². The van der Waals surface area contributed by atoms with Crippen LogP contribution in [0, 0.1) is 0 Å². The third-order valence-corrected chi connectivity index (χ3v) is 5.09. The van der Waals surface area contributed by atoms with Crippen LogP contribution in [-0.4, -0.2) is 42.7 Å². The minimum Gasteiger partial charge on any atom is -0.481 e. The number of hydrogen-bond acceptors (Lipinski definition) is 4. The lowest BCUT2D eigenvalue weighted by Gasteiger charge is -2.44. The molecule has 3 rings (SSSR count). The van der Waals surface area contributed by atoms with E-state index in [9.17, 15) is 22.8 Å². The summed E-state index contributed by atoms with van der Waals surface area (Å²) in [6.45, 7) is 4.21. The fourth-order valence-electron chi connectivity index (χ4n) is 3.60. The zero-order chi connectivity index (χ0) is 22.6. The van der Waals surface area contributed by atoms with Crippen molar-refractivity contribution in [2.24, 2.45) is 0 Å². The molecule has 2 aromatic carbocycles. The summed E-state index contributed by atoms with van der Waals surface area (Å²) in [6.07, 6.45) is -3.38. The molecule has 9 heteroatoms. The van der Waals surface area contributed by atoms with Crippen molar-refractivity contribution in [2.45, 2.75) is 18.6 Å². The van der Waals surface area contributed by atoms with Crippen molar-refractivity contribution in [3.05, 3.63) is 66.7 Å². The number of carbonyl (C=O) groups is 2. The summed E-state index contributed by atoms with van der Waals surface area (Å²) < 4.78 is 38.9. The van der Waals surface area contributed by atoms with Gasteiger partial charge in [-0.2, -0.15) is 13.2 Å². The Morgan fingerprint density at radius 3 is 2.35 bits per heavy atom. The average molecular weight is 433 g/mol. The number of halogens is 3. The molecule has 0 fully saturated rings. The maximum atomic E-state index is 13.0. The molecular weight excluding hydrogens is 411 g/mol. The molecular formula is C22H22F3N3O3. The Labute approximate surface area is 177 Å². The fraction of sp³-hybridized carbons (Fsp3) is 0.273. The van der Waals surface area contributed by atoms with Crippen LogP contribution in [0.2, 0.25) is 0 Å². The molecule has 1 amide bonds. The highest BCUT2D eigenvalue weighted by atomic mass is 19.4. The molecule has 0 saturated carbocycles. The number of nitrogens with zero attached hydrogens (tertiary/aromatic N) is 2. The van der Waals surface area contributed by atoms with Crippen LogP contribution in [0.4, 0.5) is 30.2 Å². The van der Waals surface area contributed by atoms with Crippen LogP contribution < -0.4 is 15.1 Å². The van der Waals surface area contributed by atoms with Gasteiger partial charge in [-0.05, 0) is 42.5 Å². The van der Waals surface area contributed by atoms with Crippen LogP contribution in [0.25, 0.3) is 0 Å². The first-order valence-corrected chi connectivity index (χ1v) is 9.63. The zero-order valence-electron chi connectivity index (χ0n) is 16.6. The number of rotatable bonds is 7. The van der Waals surface area contributed by atoms with E-state index in [-0.39, 0.29) is 31.5 Å². The molecule has 0 aromatic heterocycles. The van der Waals surface area contributed by atoms with Gasteiger partial charge in [-0.15, -0.1) is 0 Å². The molecule has 31 heavy (non-hydrogen) atoms. The number of fused-ring (bicyclic) bond motifs is 1. The highest BCUT2D eigenvalue weighted by molar-refractivity contribution is 5.87. The fourth-order valence-corrected chi connectivity index (χ4v) is 3.60. The molecule has 1 unspecified atom stereocenters. The number of carbonyl (C=O) groups excluding carboxylic acids is 1. The van der Waals surface area contributed by atoms with Gasteiger partial charge in [0.2, 0.25) is 5.91 Å². The number of benzene rings is 2. The average Bonchev–Trinajstić information content (AvgIpc) is 2.75. The van der Waals surface area contributed by atoms with Gasteiger partial charge in [-0.25, -0.2) is 0 Å². The first-order chi connectivity index (χ1) is 14.7. The van der Waals surface area contributed by atoms with Gasteiger partial charge in [0.05, 0.1) is 29.4 Å². The monoisotopic (exact) mass is 433 g/mol. The molecule has 0 saturated heterocycles. The van der Waals surface area contributed by atoms with E-state index in [1.54, 1.807) is 0 Å². The normalized spacial score (nSPS) is 15.9. The number of anilines is 3. The highest BCUT2D eigenvalue weighted by Crippen LogP contribution is 2.40. The van der Waals surface area contributed by atoms with Crippen molar-refractivity contribution in [1.82, 2.24) is 5.32 Å². The number of nitrogens with one attached hydrogen (secondary N) is 1. The molecule has 0 radical (unpaired) electrons. The summed E-state index contributed by atoms with van der Waals surface area (Å²) in [5.74, 6) is -1.31. The molecule has 1 aliphatic heterocycles. The van der Waals surface area contributed by atoms with Gasteiger partial charge in [0.15, 0.2) is 0 Å². The Balaban J connectivity index is 1.97. The lowest BCUT2D eigenvalue weighted by Crippen LogP contribution is -2.53. The maximum absolute atomic E-state index is 13.0. The molecule has 0 aliphatic carbocycles. The number of carboxylic acids is 1. The summed E-state index contributed by atoms with van der Waals surface area (Å²) >= 11 is 0. The number of amides is 1. The van der Waals surface area contributed by atoms with E-state index in [1.165, 1.54) is 12.1 Å². The third-order valence-electron chi connectivity index (χ3n) is 5.09. The lowest BCUT2D eigenvalue weighted by atomic mass is 10.0. The molecule has 0 bridgehead atoms. The van der Waals surface area contributed by atoms with Crippen LogP contribution in [0.3, 0.4) is 0 Å². The van der Waals surface area contributed by atoms with Gasteiger partial charge in [0, 0.05) is 25.3 Å². The minimum atomic E-state index is -4.43. The van der Waals surface area contributed by atoms with E-state index in [2.05, 4.69) is 11.9 Å². The Morgan fingerprint density at radius 1 is 1.13 bits per heavy atom. The van der Waals surface area contributed by atoms with E-state index in [0.29, 0.717) is 12.2 Å². The van der Waals surface area contributed by atoms with Crippen molar-refractivity contribution < 1.29 is 27.9 Å². The standard InChI is InChI=1S/C22H22F3N3O3/c1-2-20(29)26-13-17-14-28(16-9-7-15(8-10-16)22(23,24)25)19-6-4-3-5-18(19)27(17)12-11-21(30)31/h2-10,17H,1,11-14H2,(H,26,29)(H,30,31). The molecule has 2 N–H and O–H groups in total. The van der Waals surface area contributed by atoms with Crippen LogP contribution >= 0.6 is 0 Å². The molecule has 0 spiro atoms. The predicted molar refractivity (Wildman–Crippen MR) is 111 cm³/mol. The van der Waals surface area contributed by atoms with Gasteiger partial charge >= 0.3 is 12.1 Å². The predicted octanol–water partition coefficient (Wildman–Crippen LogP) is 3.81. The maximum Gasteiger partial charge on any atom is 0.416 e.